The summed E-state index contributed by atoms with van der Waals surface area (Å²) in [4.78, 5) is 11.1. The fourth-order valence-corrected chi connectivity index (χ4v) is 3.88. The molecule has 0 amide bonds. The number of carbonyl (C=O) groups is 1. The molecule has 1 aromatic carbocycles. The van der Waals surface area contributed by atoms with Crippen molar-refractivity contribution in [1.29, 1.82) is 0 Å². The number of rotatable bonds is 11. The molecule has 25 heavy (non-hydrogen) atoms. The summed E-state index contributed by atoms with van der Waals surface area (Å²) >= 11 is 5.71. The van der Waals surface area contributed by atoms with Gasteiger partial charge in [-0.2, -0.15) is 0 Å². The molecule has 0 unspecified atom stereocenters. The third-order valence-corrected chi connectivity index (χ3v) is 5.72. The first-order valence-electron chi connectivity index (χ1n) is 8.28. The van der Waals surface area contributed by atoms with Gasteiger partial charge in [-0.25, -0.2) is 13.2 Å². The van der Waals surface area contributed by atoms with E-state index in [0.29, 0.717) is 23.6 Å². The molecule has 7 heteroatoms. The lowest BCUT2D eigenvalue weighted by Gasteiger charge is -2.07. The van der Waals surface area contributed by atoms with Crippen LogP contribution in [-0.2, 0) is 19.4 Å². The number of phenols is 1. The lowest BCUT2D eigenvalue weighted by atomic mass is 10.1. The molecule has 0 aliphatic rings. The largest absolute Gasteiger partial charge is 0.507 e. The van der Waals surface area contributed by atoms with Crippen molar-refractivity contribution in [2.24, 2.45) is 0 Å². The van der Waals surface area contributed by atoms with Crippen LogP contribution in [0.1, 0.15) is 45.4 Å². The molecule has 0 radical (unpaired) electrons. The molecule has 0 atom stereocenters. The first kappa shape index (κ1) is 21.5. The van der Waals surface area contributed by atoms with Gasteiger partial charge in [0.15, 0.2) is 9.84 Å². The van der Waals surface area contributed by atoms with E-state index < -0.39 is 9.84 Å². The Labute approximate surface area is 154 Å². The molecule has 0 saturated carbocycles. The van der Waals surface area contributed by atoms with Gasteiger partial charge in [0, 0.05) is 10.6 Å². The summed E-state index contributed by atoms with van der Waals surface area (Å²) in [7, 11) is -3.50. The molecule has 5 nitrogen and oxygen atoms in total. The van der Waals surface area contributed by atoms with Crippen LogP contribution in [0.15, 0.2) is 35.2 Å². The van der Waals surface area contributed by atoms with E-state index in [0.717, 1.165) is 32.1 Å². The van der Waals surface area contributed by atoms with E-state index in [-0.39, 0.29) is 22.4 Å². The molecule has 0 aromatic heterocycles. The average Bonchev–Trinajstić information content (AvgIpc) is 2.52. The van der Waals surface area contributed by atoms with Gasteiger partial charge in [-0.1, -0.05) is 43.9 Å². The van der Waals surface area contributed by atoms with E-state index >= 15 is 0 Å². The SMILES string of the molecule is C=C(C)C(=O)OCCCCCCCCS(=O)(=O)c1ccc(Cl)cc1O. The van der Waals surface area contributed by atoms with Crippen LogP contribution in [0.25, 0.3) is 0 Å². The Morgan fingerprint density at radius 1 is 1.16 bits per heavy atom. The number of halogens is 1. The topological polar surface area (TPSA) is 80.7 Å². The standard InChI is InChI=1S/C18H25ClO5S/c1-14(2)18(21)24-11-7-5-3-4-6-8-12-25(22,23)17-10-9-15(19)13-16(17)20/h9-10,13,20H,1,3-8,11-12H2,2H3. The lowest BCUT2D eigenvalue weighted by molar-refractivity contribution is -0.139. The van der Waals surface area contributed by atoms with E-state index in [1.54, 1.807) is 6.92 Å². The van der Waals surface area contributed by atoms with Gasteiger partial charge in [-0.15, -0.1) is 0 Å². The second-order valence-corrected chi connectivity index (χ2v) is 8.48. The zero-order valence-corrected chi connectivity index (χ0v) is 16.0. The van der Waals surface area contributed by atoms with Crippen LogP contribution in [-0.4, -0.2) is 31.9 Å². The maximum atomic E-state index is 12.2. The molecule has 1 aromatic rings. The molecule has 0 saturated heterocycles. The molecule has 0 spiro atoms. The smallest absolute Gasteiger partial charge is 0.333 e. The van der Waals surface area contributed by atoms with Crippen molar-refractivity contribution in [2.45, 2.75) is 50.3 Å². The van der Waals surface area contributed by atoms with Crippen molar-refractivity contribution in [3.8, 4) is 5.75 Å². The Bertz CT molecular complexity index is 697. The highest BCUT2D eigenvalue weighted by Crippen LogP contribution is 2.27. The summed E-state index contributed by atoms with van der Waals surface area (Å²) in [5.41, 5.74) is 0.396. The fourth-order valence-electron chi connectivity index (χ4n) is 2.25. The molecular formula is C18H25ClO5S. The highest BCUT2D eigenvalue weighted by Gasteiger charge is 2.18. The molecule has 140 valence electrons. The quantitative estimate of drug-likeness (QED) is 0.347. The van der Waals surface area contributed by atoms with Gasteiger partial charge in [-0.3, -0.25) is 0 Å². The summed E-state index contributed by atoms with van der Waals surface area (Å²) in [6.45, 7) is 5.51. The number of ether oxygens (including phenoxy) is 1. The summed E-state index contributed by atoms with van der Waals surface area (Å²) < 4.78 is 29.4. The van der Waals surface area contributed by atoms with Gasteiger partial charge in [0.2, 0.25) is 0 Å². The van der Waals surface area contributed by atoms with Gasteiger partial charge >= 0.3 is 5.97 Å². The van der Waals surface area contributed by atoms with Gasteiger partial charge < -0.3 is 9.84 Å². The number of sulfone groups is 1. The fraction of sp³-hybridized carbons (Fsp3) is 0.500. The van der Waals surface area contributed by atoms with Crippen LogP contribution in [0.5, 0.6) is 5.75 Å². The molecule has 0 bridgehead atoms. The Hall–Kier alpha value is -1.53. The van der Waals surface area contributed by atoms with Crippen molar-refractivity contribution in [3.05, 3.63) is 35.4 Å². The van der Waals surface area contributed by atoms with Crippen LogP contribution in [0.4, 0.5) is 0 Å². The van der Waals surface area contributed by atoms with Gasteiger partial charge in [-0.05, 0) is 38.0 Å². The third kappa shape index (κ3) is 7.92. The molecule has 0 heterocycles. The molecule has 1 rings (SSSR count). The van der Waals surface area contributed by atoms with Gasteiger partial charge in [0.1, 0.15) is 10.6 Å². The predicted octanol–water partition coefficient (Wildman–Crippen LogP) is 4.28. The van der Waals surface area contributed by atoms with E-state index in [9.17, 15) is 18.3 Å². The first-order valence-corrected chi connectivity index (χ1v) is 10.3. The van der Waals surface area contributed by atoms with Crippen molar-refractivity contribution < 1.29 is 23.1 Å². The van der Waals surface area contributed by atoms with Crippen molar-refractivity contribution in [3.63, 3.8) is 0 Å². The minimum atomic E-state index is -3.50. The Morgan fingerprint density at radius 2 is 1.76 bits per heavy atom. The van der Waals surface area contributed by atoms with Gasteiger partial charge in [0.05, 0.1) is 12.4 Å². The van der Waals surface area contributed by atoms with Crippen LogP contribution in [0.3, 0.4) is 0 Å². The summed E-state index contributed by atoms with van der Waals surface area (Å²) in [6.07, 6.45) is 4.91. The minimum Gasteiger partial charge on any atom is -0.507 e. The number of hydrogen-bond acceptors (Lipinski definition) is 5. The van der Waals surface area contributed by atoms with Crippen molar-refractivity contribution in [2.75, 3.05) is 12.4 Å². The number of esters is 1. The van der Waals surface area contributed by atoms with Crippen LogP contribution >= 0.6 is 11.6 Å². The van der Waals surface area contributed by atoms with E-state index in [1.165, 1.54) is 18.2 Å². The Morgan fingerprint density at radius 3 is 2.36 bits per heavy atom. The zero-order chi connectivity index (χ0) is 18.9. The maximum absolute atomic E-state index is 12.2. The molecule has 0 aliphatic carbocycles. The monoisotopic (exact) mass is 388 g/mol. The van der Waals surface area contributed by atoms with Crippen LogP contribution < -0.4 is 0 Å². The molecule has 0 aliphatic heterocycles. The molecule has 1 N–H and O–H groups in total. The van der Waals surface area contributed by atoms with E-state index in [4.69, 9.17) is 16.3 Å². The predicted molar refractivity (Wildman–Crippen MR) is 98.6 cm³/mol. The molecular weight excluding hydrogens is 364 g/mol. The third-order valence-electron chi connectivity index (χ3n) is 3.65. The maximum Gasteiger partial charge on any atom is 0.333 e. The van der Waals surface area contributed by atoms with Crippen molar-refractivity contribution in [1.82, 2.24) is 0 Å². The number of carbonyl (C=O) groups excluding carboxylic acids is 1. The van der Waals surface area contributed by atoms with Gasteiger partial charge in [0.25, 0.3) is 0 Å². The first-order chi connectivity index (χ1) is 11.7. The number of aromatic hydroxyl groups is 1. The number of unbranched alkanes of at least 4 members (excludes halogenated alkanes) is 5. The highest BCUT2D eigenvalue weighted by atomic mass is 35.5. The summed E-state index contributed by atoms with van der Waals surface area (Å²) in [5.74, 6) is -0.675. The number of phenolic OH excluding ortho intramolecular Hbond substituents is 1. The average molecular weight is 389 g/mol. The summed E-state index contributed by atoms with van der Waals surface area (Å²) in [6, 6.07) is 4.02. The van der Waals surface area contributed by atoms with Crippen molar-refractivity contribution >= 4 is 27.4 Å². The van der Waals surface area contributed by atoms with E-state index in [1.807, 2.05) is 0 Å². The normalized spacial score (nSPS) is 11.3. The van der Waals surface area contributed by atoms with Crippen LogP contribution in [0.2, 0.25) is 5.02 Å². The second-order valence-electron chi connectivity index (χ2n) is 5.97. The highest BCUT2D eigenvalue weighted by molar-refractivity contribution is 7.91. The second kappa shape index (κ2) is 10.5. The number of benzene rings is 1. The van der Waals surface area contributed by atoms with E-state index in [2.05, 4.69) is 6.58 Å². The number of hydrogen-bond donors (Lipinski definition) is 1. The molecule has 0 fully saturated rings. The zero-order valence-electron chi connectivity index (χ0n) is 14.5. The minimum absolute atomic E-state index is 0.00157. The summed E-state index contributed by atoms with van der Waals surface area (Å²) in [5, 5.41) is 10.0. The Kier molecular flexibility index (Phi) is 9.00. The lowest BCUT2D eigenvalue weighted by Crippen LogP contribution is -2.07. The Balaban J connectivity index is 2.19. The van der Waals surface area contributed by atoms with Crippen LogP contribution in [0, 0.1) is 0 Å².